The Kier molecular flexibility index (Phi) is 5.16. The van der Waals surface area contributed by atoms with E-state index in [1.165, 1.54) is 0 Å². The van der Waals surface area contributed by atoms with Crippen LogP contribution in [-0.2, 0) is 13.0 Å². The molecular weight excluding hydrogens is 364 g/mol. The lowest BCUT2D eigenvalue weighted by Crippen LogP contribution is -2.21. The van der Waals surface area contributed by atoms with Crippen LogP contribution in [0, 0.1) is 13.8 Å². The second-order valence-corrected chi connectivity index (χ2v) is 7.49. The van der Waals surface area contributed by atoms with Gasteiger partial charge in [-0.05, 0) is 68.5 Å². The smallest absolute Gasteiger partial charge is 0.291 e. The van der Waals surface area contributed by atoms with Crippen molar-refractivity contribution in [3.63, 3.8) is 0 Å². The summed E-state index contributed by atoms with van der Waals surface area (Å²) in [5.41, 5.74) is 4.75. The monoisotopic (exact) mass is 388 g/mol. The molecule has 0 aliphatic carbocycles. The van der Waals surface area contributed by atoms with Gasteiger partial charge in [-0.2, -0.15) is 0 Å². The van der Waals surface area contributed by atoms with Crippen molar-refractivity contribution in [1.82, 2.24) is 9.55 Å². The van der Waals surface area contributed by atoms with Crippen LogP contribution in [0.15, 0.2) is 48.5 Å². The van der Waals surface area contributed by atoms with Gasteiger partial charge in [0.2, 0.25) is 0 Å². The summed E-state index contributed by atoms with van der Waals surface area (Å²) >= 11 is 0. The maximum Gasteiger partial charge on any atom is 0.291 e. The van der Waals surface area contributed by atoms with Crippen molar-refractivity contribution in [2.75, 3.05) is 10.6 Å². The normalized spacial score (nSPS) is 12.9. The molecule has 2 heterocycles. The highest BCUT2D eigenvalue weighted by Crippen LogP contribution is 2.23. The quantitative estimate of drug-likeness (QED) is 0.698. The summed E-state index contributed by atoms with van der Waals surface area (Å²) in [6.07, 6.45) is 2.68. The molecule has 2 aromatic carbocycles. The lowest BCUT2D eigenvalue weighted by Gasteiger charge is -2.17. The Hall–Kier alpha value is -3.41. The molecule has 1 aliphatic rings. The highest BCUT2D eigenvalue weighted by atomic mass is 16.2. The largest absolute Gasteiger partial charge is 0.323 e. The fraction of sp³-hybridized carbons (Fsp3) is 0.261. The van der Waals surface area contributed by atoms with E-state index in [0.29, 0.717) is 17.9 Å². The summed E-state index contributed by atoms with van der Waals surface area (Å²) in [4.78, 5) is 30.3. The first-order valence-corrected chi connectivity index (χ1v) is 9.87. The molecule has 0 unspecified atom stereocenters. The number of para-hydroxylation sites is 1. The minimum absolute atomic E-state index is 0.285. The first kappa shape index (κ1) is 18.9. The van der Waals surface area contributed by atoms with E-state index in [-0.39, 0.29) is 17.6 Å². The summed E-state index contributed by atoms with van der Waals surface area (Å²) in [5.74, 6) is -0.290. The van der Waals surface area contributed by atoms with Gasteiger partial charge in [-0.15, -0.1) is 0 Å². The fourth-order valence-electron chi connectivity index (χ4n) is 3.84. The van der Waals surface area contributed by atoms with E-state index in [1.54, 1.807) is 0 Å². The van der Waals surface area contributed by atoms with E-state index in [0.717, 1.165) is 41.8 Å². The number of anilines is 2. The Bertz CT molecular complexity index is 1050. The van der Waals surface area contributed by atoms with Crippen LogP contribution in [0.3, 0.4) is 0 Å². The van der Waals surface area contributed by atoms with Crippen molar-refractivity contribution >= 4 is 23.2 Å². The van der Waals surface area contributed by atoms with Crippen molar-refractivity contribution in [3.8, 4) is 0 Å². The molecule has 0 atom stereocenters. The first-order chi connectivity index (χ1) is 14.0. The molecule has 4 rings (SSSR count). The van der Waals surface area contributed by atoms with Crippen LogP contribution in [0.4, 0.5) is 11.4 Å². The summed E-state index contributed by atoms with van der Waals surface area (Å²) < 4.78 is 1.89. The van der Waals surface area contributed by atoms with Crippen LogP contribution >= 0.6 is 0 Å². The number of nitrogens with zero attached hydrogens (tertiary/aromatic N) is 2. The second-order valence-electron chi connectivity index (χ2n) is 7.49. The third kappa shape index (κ3) is 4.06. The zero-order valence-electron chi connectivity index (χ0n) is 16.7. The minimum Gasteiger partial charge on any atom is -0.323 e. The summed E-state index contributed by atoms with van der Waals surface area (Å²) in [6, 6.07) is 15.2. The van der Waals surface area contributed by atoms with Gasteiger partial charge < -0.3 is 15.2 Å². The zero-order chi connectivity index (χ0) is 20.4. The number of nitrogens with one attached hydrogen (secondary N) is 2. The summed E-state index contributed by atoms with van der Waals surface area (Å²) in [7, 11) is 0. The molecule has 0 radical (unpaired) electrons. The molecule has 2 N–H and O–H groups in total. The van der Waals surface area contributed by atoms with Crippen molar-refractivity contribution in [3.05, 3.63) is 76.9 Å². The Morgan fingerprint density at radius 2 is 1.59 bits per heavy atom. The molecule has 1 aliphatic heterocycles. The van der Waals surface area contributed by atoms with Crippen molar-refractivity contribution in [1.29, 1.82) is 0 Å². The van der Waals surface area contributed by atoms with Crippen LogP contribution in [0.5, 0.6) is 0 Å². The Morgan fingerprint density at radius 1 is 0.897 bits per heavy atom. The molecule has 3 aromatic rings. The zero-order valence-corrected chi connectivity index (χ0v) is 16.7. The molecular formula is C23H24N4O2. The minimum atomic E-state index is -0.295. The first-order valence-electron chi connectivity index (χ1n) is 9.87. The van der Waals surface area contributed by atoms with Crippen LogP contribution in [0.2, 0.25) is 0 Å². The van der Waals surface area contributed by atoms with Crippen LogP contribution in [-0.4, -0.2) is 21.4 Å². The lowest BCUT2D eigenvalue weighted by atomic mass is 10.1. The van der Waals surface area contributed by atoms with Gasteiger partial charge in [0.05, 0.1) is 5.69 Å². The van der Waals surface area contributed by atoms with E-state index in [2.05, 4.69) is 21.7 Å². The Morgan fingerprint density at radius 3 is 2.31 bits per heavy atom. The maximum atomic E-state index is 13.0. The van der Waals surface area contributed by atoms with Gasteiger partial charge in [-0.1, -0.05) is 24.3 Å². The molecule has 6 heteroatoms. The molecule has 29 heavy (non-hydrogen) atoms. The van der Waals surface area contributed by atoms with Crippen LogP contribution in [0.1, 0.15) is 50.8 Å². The average Bonchev–Trinajstić information content (AvgIpc) is 3.08. The number of benzene rings is 2. The van der Waals surface area contributed by atoms with Crippen LogP contribution in [0.25, 0.3) is 0 Å². The molecule has 1 aromatic heterocycles. The number of aryl methyl sites for hydroxylation is 2. The van der Waals surface area contributed by atoms with Crippen LogP contribution < -0.4 is 10.6 Å². The number of hydrogen-bond donors (Lipinski definition) is 2. The van der Waals surface area contributed by atoms with Gasteiger partial charge in [-0.25, -0.2) is 4.98 Å². The topological polar surface area (TPSA) is 76.0 Å². The van der Waals surface area contributed by atoms with Gasteiger partial charge >= 0.3 is 0 Å². The summed E-state index contributed by atoms with van der Waals surface area (Å²) in [6.45, 7) is 4.68. The molecule has 0 fully saturated rings. The van der Waals surface area contributed by atoms with E-state index < -0.39 is 0 Å². The standard InChI is InChI=1S/C23H24N4O2/c1-15-12-16(2)14-18(13-15)25-23(29)21-26-20(19-10-6-7-11-27(19)21)22(28)24-17-8-4-3-5-9-17/h3-5,8-9,12-14H,6-7,10-11H2,1-2H3,(H,24,28)(H,25,29). The van der Waals surface area contributed by atoms with E-state index in [4.69, 9.17) is 0 Å². The molecule has 0 saturated heterocycles. The van der Waals surface area contributed by atoms with Gasteiger partial charge in [-0.3, -0.25) is 9.59 Å². The molecule has 6 nitrogen and oxygen atoms in total. The number of fused-ring (bicyclic) bond motifs is 1. The predicted molar refractivity (Wildman–Crippen MR) is 113 cm³/mol. The number of hydrogen-bond acceptors (Lipinski definition) is 3. The van der Waals surface area contributed by atoms with E-state index in [9.17, 15) is 9.59 Å². The number of amides is 2. The number of rotatable bonds is 4. The number of carbonyl (C=O) groups is 2. The number of aromatic nitrogens is 2. The van der Waals surface area contributed by atoms with E-state index in [1.807, 2.05) is 60.9 Å². The fourth-order valence-corrected chi connectivity index (χ4v) is 3.84. The second kappa shape index (κ2) is 7.91. The maximum absolute atomic E-state index is 13.0. The van der Waals surface area contributed by atoms with Gasteiger partial charge in [0.25, 0.3) is 11.8 Å². The van der Waals surface area contributed by atoms with Gasteiger partial charge in [0.15, 0.2) is 11.5 Å². The lowest BCUT2D eigenvalue weighted by molar-refractivity contribution is 0.101. The Labute approximate surface area is 170 Å². The summed E-state index contributed by atoms with van der Waals surface area (Å²) in [5, 5.41) is 5.82. The molecule has 2 amide bonds. The molecule has 0 saturated carbocycles. The highest BCUT2D eigenvalue weighted by molar-refractivity contribution is 6.07. The van der Waals surface area contributed by atoms with Crippen molar-refractivity contribution < 1.29 is 9.59 Å². The van der Waals surface area contributed by atoms with Crippen molar-refractivity contribution in [2.45, 2.75) is 39.7 Å². The predicted octanol–water partition coefficient (Wildman–Crippen LogP) is 4.34. The molecule has 0 spiro atoms. The average molecular weight is 388 g/mol. The third-order valence-corrected chi connectivity index (χ3v) is 5.05. The van der Waals surface area contributed by atoms with Gasteiger partial charge in [0, 0.05) is 17.9 Å². The molecule has 148 valence electrons. The van der Waals surface area contributed by atoms with E-state index >= 15 is 0 Å². The SMILES string of the molecule is Cc1cc(C)cc(NC(=O)c2nc(C(=O)Nc3ccccc3)c3n2CCCC3)c1. The number of carbonyl (C=O) groups excluding carboxylic acids is 2. The van der Waals surface area contributed by atoms with Crippen molar-refractivity contribution in [2.24, 2.45) is 0 Å². The Balaban J connectivity index is 1.63. The molecule has 0 bridgehead atoms. The van der Waals surface area contributed by atoms with Gasteiger partial charge in [0.1, 0.15) is 0 Å². The third-order valence-electron chi connectivity index (χ3n) is 5.05. The highest BCUT2D eigenvalue weighted by Gasteiger charge is 2.27. The number of imidazole rings is 1.